The lowest BCUT2D eigenvalue weighted by molar-refractivity contribution is -0.122. The lowest BCUT2D eigenvalue weighted by Gasteiger charge is -2.16. The normalized spacial score (nSPS) is 12.3. The molecule has 2 aromatic heterocycles. The van der Waals surface area contributed by atoms with Gasteiger partial charge in [-0.05, 0) is 18.6 Å². The number of amides is 1. The second-order valence-corrected chi connectivity index (χ2v) is 4.13. The Hall–Kier alpha value is -2.11. The maximum Gasteiger partial charge on any atom is 0.240 e. The van der Waals surface area contributed by atoms with Crippen molar-refractivity contribution in [3.63, 3.8) is 0 Å². The molecule has 96 valence electrons. The summed E-state index contributed by atoms with van der Waals surface area (Å²) in [6, 6.07) is 3.70. The minimum Gasteiger partial charge on any atom is -0.345 e. The van der Waals surface area contributed by atoms with E-state index < -0.39 is 0 Å². The van der Waals surface area contributed by atoms with Crippen molar-refractivity contribution in [2.75, 3.05) is 0 Å². The molecule has 0 aliphatic carbocycles. The number of carbonyl (C=O) groups is 1. The van der Waals surface area contributed by atoms with Gasteiger partial charge in [-0.3, -0.25) is 9.48 Å². The van der Waals surface area contributed by atoms with E-state index >= 15 is 0 Å². The molecule has 1 unspecified atom stereocenters. The van der Waals surface area contributed by atoms with E-state index in [2.05, 4.69) is 15.4 Å². The van der Waals surface area contributed by atoms with E-state index in [0.717, 1.165) is 12.2 Å². The van der Waals surface area contributed by atoms with Crippen LogP contribution in [0.5, 0.6) is 0 Å². The van der Waals surface area contributed by atoms with E-state index in [-0.39, 0.29) is 11.9 Å². The molecule has 1 N–H and O–H groups in total. The van der Waals surface area contributed by atoms with Gasteiger partial charge < -0.3 is 9.88 Å². The van der Waals surface area contributed by atoms with Crippen LogP contribution in [0.15, 0.2) is 30.9 Å². The Balaban J connectivity index is 1.98. The molecule has 2 rings (SSSR count). The maximum absolute atomic E-state index is 11.9. The van der Waals surface area contributed by atoms with Crippen molar-refractivity contribution in [3.05, 3.63) is 36.7 Å². The average Bonchev–Trinajstić information content (AvgIpc) is 2.98. The van der Waals surface area contributed by atoms with E-state index in [1.165, 1.54) is 6.33 Å². The molecule has 0 radical (unpaired) electrons. The predicted octanol–water partition coefficient (Wildman–Crippen LogP) is 0.884. The van der Waals surface area contributed by atoms with Gasteiger partial charge in [0, 0.05) is 19.4 Å². The fourth-order valence-electron chi connectivity index (χ4n) is 1.85. The third-order valence-corrected chi connectivity index (χ3v) is 2.79. The zero-order valence-electron chi connectivity index (χ0n) is 10.6. The monoisotopic (exact) mass is 247 g/mol. The molecule has 2 heterocycles. The highest BCUT2D eigenvalue weighted by atomic mass is 16.2. The maximum atomic E-state index is 11.9. The highest BCUT2D eigenvalue weighted by Gasteiger charge is 2.17. The quantitative estimate of drug-likeness (QED) is 0.853. The number of aromatic nitrogens is 4. The van der Waals surface area contributed by atoms with Crippen LogP contribution in [0.4, 0.5) is 0 Å². The molecule has 18 heavy (non-hydrogen) atoms. The van der Waals surface area contributed by atoms with Crippen LogP contribution in [0.2, 0.25) is 0 Å². The molecule has 6 nitrogen and oxygen atoms in total. The van der Waals surface area contributed by atoms with Gasteiger partial charge in [0.25, 0.3) is 0 Å². The van der Waals surface area contributed by atoms with Gasteiger partial charge in [0.05, 0.1) is 6.04 Å². The van der Waals surface area contributed by atoms with Crippen molar-refractivity contribution in [2.45, 2.75) is 25.9 Å². The minimum atomic E-state index is -0.0967. The molecule has 1 atom stereocenters. The van der Waals surface area contributed by atoms with Crippen molar-refractivity contribution in [1.29, 1.82) is 0 Å². The van der Waals surface area contributed by atoms with Crippen molar-refractivity contribution in [1.82, 2.24) is 24.6 Å². The molecule has 2 aromatic rings. The number of hydrogen-bond acceptors (Lipinski definition) is 3. The summed E-state index contributed by atoms with van der Waals surface area (Å²) in [5, 5.41) is 6.98. The Bertz CT molecular complexity index is 502. The van der Waals surface area contributed by atoms with Crippen molar-refractivity contribution >= 4 is 5.91 Å². The molecule has 0 saturated heterocycles. The van der Waals surface area contributed by atoms with Gasteiger partial charge in [-0.15, -0.1) is 0 Å². The molecule has 0 saturated carbocycles. The number of rotatable bonds is 5. The second-order valence-electron chi connectivity index (χ2n) is 4.13. The summed E-state index contributed by atoms with van der Waals surface area (Å²) < 4.78 is 3.52. The Kier molecular flexibility index (Phi) is 3.76. The summed E-state index contributed by atoms with van der Waals surface area (Å²) >= 11 is 0. The SMILES string of the molecule is CCC(NC(=O)Cn1cccc1)c1ncnn1C. The smallest absolute Gasteiger partial charge is 0.240 e. The first-order chi connectivity index (χ1) is 8.70. The summed E-state index contributed by atoms with van der Waals surface area (Å²) in [6.07, 6.45) is 6.01. The highest BCUT2D eigenvalue weighted by Crippen LogP contribution is 2.12. The molecule has 1 amide bonds. The van der Waals surface area contributed by atoms with Crippen molar-refractivity contribution < 1.29 is 4.79 Å². The Morgan fingerprint density at radius 3 is 2.72 bits per heavy atom. The molecule has 0 bridgehead atoms. The lowest BCUT2D eigenvalue weighted by Crippen LogP contribution is -2.32. The molecule has 0 spiro atoms. The van der Waals surface area contributed by atoms with Gasteiger partial charge in [0.2, 0.25) is 5.91 Å². The first kappa shape index (κ1) is 12.3. The fraction of sp³-hybridized carbons (Fsp3) is 0.417. The van der Waals surface area contributed by atoms with Crippen LogP contribution >= 0.6 is 0 Å². The average molecular weight is 247 g/mol. The van der Waals surface area contributed by atoms with Crippen molar-refractivity contribution in [3.8, 4) is 0 Å². The van der Waals surface area contributed by atoms with Gasteiger partial charge in [-0.1, -0.05) is 6.92 Å². The zero-order chi connectivity index (χ0) is 13.0. The third kappa shape index (κ3) is 2.77. The first-order valence-electron chi connectivity index (χ1n) is 5.94. The number of aryl methyl sites for hydroxylation is 1. The fourth-order valence-corrected chi connectivity index (χ4v) is 1.85. The van der Waals surface area contributed by atoms with E-state index in [0.29, 0.717) is 6.54 Å². The van der Waals surface area contributed by atoms with E-state index in [1.54, 1.807) is 4.68 Å². The van der Waals surface area contributed by atoms with Crippen LogP contribution in [0.3, 0.4) is 0 Å². The van der Waals surface area contributed by atoms with Crippen LogP contribution < -0.4 is 5.32 Å². The van der Waals surface area contributed by atoms with Crippen molar-refractivity contribution in [2.24, 2.45) is 7.05 Å². The molecular weight excluding hydrogens is 230 g/mol. The summed E-state index contributed by atoms with van der Waals surface area (Å²) in [5.74, 6) is 0.749. The predicted molar refractivity (Wildman–Crippen MR) is 66.6 cm³/mol. The van der Waals surface area contributed by atoms with E-state index in [1.807, 2.05) is 43.1 Å². The highest BCUT2D eigenvalue weighted by molar-refractivity contribution is 5.76. The number of nitrogens with one attached hydrogen (secondary N) is 1. The molecule has 0 aliphatic rings. The zero-order valence-corrected chi connectivity index (χ0v) is 10.6. The minimum absolute atomic E-state index is 0.0268. The largest absolute Gasteiger partial charge is 0.345 e. The van der Waals surface area contributed by atoms with Crippen LogP contribution in [0.1, 0.15) is 25.2 Å². The van der Waals surface area contributed by atoms with Gasteiger partial charge in [0.1, 0.15) is 18.7 Å². The van der Waals surface area contributed by atoms with Gasteiger partial charge in [0.15, 0.2) is 0 Å². The number of hydrogen-bond donors (Lipinski definition) is 1. The van der Waals surface area contributed by atoms with Gasteiger partial charge in [-0.25, -0.2) is 4.98 Å². The standard InChI is InChI=1S/C12H17N5O/c1-3-10(12-13-9-14-16(12)2)15-11(18)8-17-6-4-5-7-17/h4-7,9-10H,3,8H2,1-2H3,(H,15,18). The number of carbonyl (C=O) groups excluding carboxylic acids is 1. The third-order valence-electron chi connectivity index (χ3n) is 2.79. The molecule has 0 aromatic carbocycles. The Morgan fingerprint density at radius 1 is 1.44 bits per heavy atom. The van der Waals surface area contributed by atoms with Crippen LogP contribution in [0.25, 0.3) is 0 Å². The lowest BCUT2D eigenvalue weighted by atomic mass is 10.2. The van der Waals surface area contributed by atoms with Crippen LogP contribution in [-0.2, 0) is 18.4 Å². The number of nitrogens with zero attached hydrogens (tertiary/aromatic N) is 4. The van der Waals surface area contributed by atoms with E-state index in [4.69, 9.17) is 0 Å². The van der Waals surface area contributed by atoms with E-state index in [9.17, 15) is 4.79 Å². The van der Waals surface area contributed by atoms with Gasteiger partial charge in [-0.2, -0.15) is 5.10 Å². The summed E-state index contributed by atoms with van der Waals surface area (Å²) in [5.41, 5.74) is 0. The molecule has 0 aliphatic heterocycles. The van der Waals surface area contributed by atoms with Crippen LogP contribution in [-0.4, -0.2) is 25.2 Å². The summed E-state index contributed by atoms with van der Waals surface area (Å²) in [7, 11) is 1.82. The van der Waals surface area contributed by atoms with Gasteiger partial charge >= 0.3 is 0 Å². The molecular formula is C12H17N5O. The summed E-state index contributed by atoms with van der Waals surface area (Å²) in [4.78, 5) is 16.1. The Labute approximate surface area is 106 Å². The molecule has 6 heteroatoms. The second kappa shape index (κ2) is 5.48. The topological polar surface area (TPSA) is 64.7 Å². The molecule has 0 fully saturated rings. The first-order valence-corrected chi connectivity index (χ1v) is 5.94. The Morgan fingerprint density at radius 2 is 2.17 bits per heavy atom. The van der Waals surface area contributed by atoms with Crippen LogP contribution in [0, 0.1) is 0 Å². The summed E-state index contributed by atoms with van der Waals surface area (Å²) in [6.45, 7) is 2.33.